The molecule has 1 saturated carbocycles. The van der Waals surface area contributed by atoms with Crippen molar-refractivity contribution in [3.05, 3.63) is 37.0 Å². The first kappa shape index (κ1) is 17.2. The number of hydrogen-bond donors (Lipinski definition) is 0. The summed E-state index contributed by atoms with van der Waals surface area (Å²) in [4.78, 5) is 23.3. The molecule has 1 rings (SSSR count). The molecular weight excluding hydrogens is 268 g/mol. The van der Waals surface area contributed by atoms with Crippen molar-refractivity contribution in [1.82, 2.24) is 0 Å². The van der Waals surface area contributed by atoms with Gasteiger partial charge < -0.3 is 9.47 Å². The molecule has 4 nitrogen and oxygen atoms in total. The van der Waals surface area contributed by atoms with Gasteiger partial charge in [-0.15, -0.1) is 0 Å². The molecule has 4 heteroatoms. The Balaban J connectivity index is 2.45. The fraction of sp³-hybridized carbons (Fsp3) is 0.529. The van der Waals surface area contributed by atoms with Crippen LogP contribution in [0.5, 0.6) is 0 Å². The van der Waals surface area contributed by atoms with Gasteiger partial charge in [-0.2, -0.15) is 0 Å². The van der Waals surface area contributed by atoms with Gasteiger partial charge in [0, 0.05) is 12.0 Å². The Kier molecular flexibility index (Phi) is 8.17. The lowest BCUT2D eigenvalue weighted by Gasteiger charge is -2.29. The summed E-state index contributed by atoms with van der Waals surface area (Å²) in [7, 11) is 0. The Hall–Kier alpha value is -1.84. The maximum absolute atomic E-state index is 12.1. The van der Waals surface area contributed by atoms with Crippen LogP contribution in [-0.2, 0) is 19.1 Å². The van der Waals surface area contributed by atoms with Crippen LogP contribution in [0.4, 0.5) is 0 Å². The highest BCUT2D eigenvalue weighted by Crippen LogP contribution is 2.31. The van der Waals surface area contributed by atoms with Gasteiger partial charge in [0.15, 0.2) is 0 Å². The van der Waals surface area contributed by atoms with Crippen LogP contribution in [0.15, 0.2) is 37.0 Å². The van der Waals surface area contributed by atoms with Crippen LogP contribution in [0.25, 0.3) is 0 Å². The number of rotatable bonds is 7. The molecular formula is C17H24O4. The minimum absolute atomic E-state index is 0.0506. The zero-order valence-corrected chi connectivity index (χ0v) is 12.6. The van der Waals surface area contributed by atoms with E-state index in [1.54, 1.807) is 6.08 Å². The molecule has 0 saturated heterocycles. The molecule has 2 atom stereocenters. The molecule has 1 aliphatic rings. The van der Waals surface area contributed by atoms with Gasteiger partial charge in [0.25, 0.3) is 0 Å². The van der Waals surface area contributed by atoms with E-state index in [9.17, 15) is 9.59 Å². The smallest absolute Gasteiger partial charge is 0.330 e. The van der Waals surface area contributed by atoms with Crippen molar-refractivity contribution in [2.45, 2.75) is 32.6 Å². The molecule has 0 radical (unpaired) electrons. The third-order valence-electron chi connectivity index (χ3n) is 3.58. The Morgan fingerprint density at radius 3 is 2.67 bits per heavy atom. The predicted molar refractivity (Wildman–Crippen MR) is 81.5 cm³/mol. The zero-order chi connectivity index (χ0) is 15.5. The van der Waals surface area contributed by atoms with Gasteiger partial charge in [-0.05, 0) is 25.8 Å². The minimum Gasteiger partial charge on any atom is -0.462 e. The van der Waals surface area contributed by atoms with E-state index < -0.39 is 5.97 Å². The van der Waals surface area contributed by atoms with Gasteiger partial charge in [-0.1, -0.05) is 37.6 Å². The number of esters is 2. The van der Waals surface area contributed by atoms with Crippen molar-refractivity contribution in [3.63, 3.8) is 0 Å². The molecule has 0 heterocycles. The van der Waals surface area contributed by atoms with Gasteiger partial charge in [-0.3, -0.25) is 4.79 Å². The van der Waals surface area contributed by atoms with E-state index in [0.717, 1.165) is 31.8 Å². The lowest BCUT2D eigenvalue weighted by atomic mass is 9.80. The second-order valence-corrected chi connectivity index (χ2v) is 5.07. The first-order valence-electron chi connectivity index (χ1n) is 7.42. The van der Waals surface area contributed by atoms with Crippen molar-refractivity contribution < 1.29 is 19.1 Å². The highest BCUT2D eigenvalue weighted by molar-refractivity contribution is 5.81. The fourth-order valence-corrected chi connectivity index (χ4v) is 2.45. The number of hydrogen-bond acceptors (Lipinski definition) is 4. The van der Waals surface area contributed by atoms with E-state index in [2.05, 4.69) is 6.58 Å². The summed E-state index contributed by atoms with van der Waals surface area (Å²) in [6, 6.07) is 0. The zero-order valence-electron chi connectivity index (χ0n) is 12.6. The van der Waals surface area contributed by atoms with Crippen molar-refractivity contribution in [2.75, 3.05) is 13.2 Å². The van der Waals surface area contributed by atoms with Gasteiger partial charge in [0.2, 0.25) is 0 Å². The summed E-state index contributed by atoms with van der Waals surface area (Å²) in [5, 5.41) is 0. The average molecular weight is 292 g/mol. The summed E-state index contributed by atoms with van der Waals surface area (Å²) >= 11 is 0. The first-order chi connectivity index (χ1) is 10.2. The number of carbonyl (C=O) groups is 2. The summed E-state index contributed by atoms with van der Waals surface area (Å²) in [5.74, 6) is -0.761. The Morgan fingerprint density at radius 2 is 1.95 bits per heavy atom. The average Bonchev–Trinajstić information content (AvgIpc) is 2.52. The molecule has 0 aromatic carbocycles. The van der Waals surface area contributed by atoms with Gasteiger partial charge in [0.1, 0.15) is 6.61 Å². The molecule has 116 valence electrons. The Labute approximate surface area is 126 Å². The molecule has 1 fully saturated rings. The van der Waals surface area contributed by atoms with E-state index in [4.69, 9.17) is 9.47 Å². The third kappa shape index (κ3) is 6.43. The van der Waals surface area contributed by atoms with Crippen molar-refractivity contribution in [3.8, 4) is 0 Å². The molecule has 0 bridgehead atoms. The number of ether oxygens (including phenoxy) is 2. The molecule has 0 amide bonds. The highest BCUT2D eigenvalue weighted by Gasteiger charge is 2.32. The van der Waals surface area contributed by atoms with E-state index >= 15 is 0 Å². The van der Waals surface area contributed by atoms with E-state index in [1.165, 1.54) is 0 Å². The number of allylic oxidation sites excluding steroid dienone is 3. The van der Waals surface area contributed by atoms with E-state index in [1.807, 2.05) is 25.2 Å². The molecule has 0 unspecified atom stereocenters. The normalized spacial score (nSPS) is 22.3. The largest absolute Gasteiger partial charge is 0.462 e. The maximum atomic E-state index is 12.1. The maximum Gasteiger partial charge on any atom is 0.330 e. The van der Waals surface area contributed by atoms with Crippen LogP contribution in [0, 0.1) is 11.8 Å². The monoisotopic (exact) mass is 292 g/mol. The van der Waals surface area contributed by atoms with Crippen LogP contribution >= 0.6 is 0 Å². The highest BCUT2D eigenvalue weighted by atomic mass is 16.5. The van der Waals surface area contributed by atoms with E-state index in [0.29, 0.717) is 0 Å². The molecule has 0 aromatic heterocycles. The standard InChI is InChI=1S/C17H24O4/c1-3-5-6-9-12-20-17(19)15-11-8-7-10-14(15)13-21-16(18)4-2/h3-6,9,14-15H,2,7-8,10-13H2,1H3/b5-3+,9-6+/t14-,15+/m0/s1. The van der Waals surface area contributed by atoms with Crippen LogP contribution in [-0.4, -0.2) is 25.2 Å². The molecule has 0 spiro atoms. The second-order valence-electron chi connectivity index (χ2n) is 5.07. The molecule has 1 aliphatic carbocycles. The van der Waals surface area contributed by atoms with Crippen molar-refractivity contribution >= 4 is 11.9 Å². The van der Waals surface area contributed by atoms with Crippen molar-refractivity contribution in [2.24, 2.45) is 11.8 Å². The van der Waals surface area contributed by atoms with Crippen LogP contribution < -0.4 is 0 Å². The molecule has 0 N–H and O–H groups in total. The predicted octanol–water partition coefficient (Wildman–Crippen LogP) is 3.20. The number of carbonyl (C=O) groups excluding carboxylic acids is 2. The van der Waals surface area contributed by atoms with Gasteiger partial charge in [0.05, 0.1) is 12.5 Å². The van der Waals surface area contributed by atoms with Crippen LogP contribution in [0.2, 0.25) is 0 Å². The Morgan fingerprint density at radius 1 is 1.19 bits per heavy atom. The molecule has 0 aliphatic heterocycles. The second kappa shape index (κ2) is 9.97. The summed E-state index contributed by atoms with van der Waals surface area (Å²) in [6.07, 6.45) is 12.3. The molecule has 21 heavy (non-hydrogen) atoms. The van der Waals surface area contributed by atoms with E-state index in [-0.39, 0.29) is 31.0 Å². The SMILES string of the molecule is C=CC(=O)OC[C@@H]1CCCC[C@H]1C(=O)OC/C=C/C=C/C. The lowest BCUT2D eigenvalue weighted by Crippen LogP contribution is -2.32. The fourth-order valence-electron chi connectivity index (χ4n) is 2.45. The third-order valence-corrected chi connectivity index (χ3v) is 3.58. The molecule has 0 aromatic rings. The summed E-state index contributed by atoms with van der Waals surface area (Å²) < 4.78 is 10.4. The Bertz CT molecular complexity index is 409. The summed E-state index contributed by atoms with van der Waals surface area (Å²) in [6.45, 7) is 5.83. The summed E-state index contributed by atoms with van der Waals surface area (Å²) in [5.41, 5.74) is 0. The van der Waals surface area contributed by atoms with Gasteiger partial charge >= 0.3 is 11.9 Å². The topological polar surface area (TPSA) is 52.6 Å². The minimum atomic E-state index is -0.443. The van der Waals surface area contributed by atoms with Gasteiger partial charge in [-0.25, -0.2) is 4.79 Å². The lowest BCUT2D eigenvalue weighted by molar-refractivity contribution is -0.154. The first-order valence-corrected chi connectivity index (χ1v) is 7.42. The van der Waals surface area contributed by atoms with Crippen molar-refractivity contribution in [1.29, 1.82) is 0 Å². The van der Waals surface area contributed by atoms with Crippen LogP contribution in [0.3, 0.4) is 0 Å². The quantitative estimate of drug-likeness (QED) is 0.411. The van der Waals surface area contributed by atoms with Crippen LogP contribution in [0.1, 0.15) is 32.6 Å².